The Hall–Kier alpha value is -1.22. The Morgan fingerprint density at radius 2 is 2.00 bits per heavy atom. The van der Waals surface area contributed by atoms with Crippen molar-refractivity contribution < 1.29 is 14.2 Å². The SMILES string of the molecule is CCNC(=NCCc1ccc(OC)c(OC)c1)NC1C2CCOC2C1(C)C.I. The van der Waals surface area contributed by atoms with Crippen LogP contribution < -0.4 is 20.1 Å². The van der Waals surface area contributed by atoms with Gasteiger partial charge in [0.25, 0.3) is 0 Å². The molecule has 1 aromatic rings. The van der Waals surface area contributed by atoms with Gasteiger partial charge >= 0.3 is 0 Å². The van der Waals surface area contributed by atoms with Crippen LogP contribution in [0.4, 0.5) is 0 Å². The molecule has 1 aliphatic carbocycles. The molecule has 3 atom stereocenters. The maximum Gasteiger partial charge on any atom is 0.191 e. The molecule has 0 spiro atoms. The molecule has 2 fully saturated rings. The number of ether oxygens (including phenoxy) is 3. The fourth-order valence-corrected chi connectivity index (χ4v) is 4.42. The first kappa shape index (κ1) is 23.1. The highest BCUT2D eigenvalue weighted by Gasteiger charge is 2.59. The Morgan fingerprint density at radius 3 is 2.68 bits per heavy atom. The van der Waals surface area contributed by atoms with E-state index in [2.05, 4.69) is 37.5 Å². The second kappa shape index (κ2) is 10.0. The first-order chi connectivity index (χ1) is 13.0. The number of methoxy groups -OCH3 is 2. The normalized spacial score (nSPS) is 25.2. The van der Waals surface area contributed by atoms with Crippen molar-refractivity contribution in [2.75, 3.05) is 33.9 Å². The molecule has 2 aliphatic rings. The Kier molecular flexibility index (Phi) is 8.24. The number of halogens is 1. The van der Waals surface area contributed by atoms with Gasteiger partial charge in [-0.25, -0.2) is 0 Å². The van der Waals surface area contributed by atoms with E-state index in [0.29, 0.717) is 24.6 Å². The van der Waals surface area contributed by atoms with E-state index in [4.69, 9.17) is 19.2 Å². The minimum absolute atomic E-state index is 0. The Labute approximate surface area is 185 Å². The standard InChI is InChI=1S/C21H33N3O3.HI/c1-6-22-20(24-18-15-10-12-27-19(15)21(18,2)3)23-11-9-14-7-8-16(25-4)17(13-14)26-5;/h7-8,13,15,18-19H,6,9-12H2,1-5H3,(H2,22,23,24);1H. The summed E-state index contributed by atoms with van der Waals surface area (Å²) in [5.41, 5.74) is 1.32. The highest BCUT2D eigenvalue weighted by atomic mass is 127. The summed E-state index contributed by atoms with van der Waals surface area (Å²) in [6, 6.07) is 6.43. The molecule has 1 aliphatic heterocycles. The largest absolute Gasteiger partial charge is 0.493 e. The fourth-order valence-electron chi connectivity index (χ4n) is 4.42. The molecule has 158 valence electrons. The van der Waals surface area contributed by atoms with Crippen molar-refractivity contribution >= 4 is 29.9 Å². The van der Waals surface area contributed by atoms with Crippen LogP contribution in [0.25, 0.3) is 0 Å². The summed E-state index contributed by atoms with van der Waals surface area (Å²) in [4.78, 5) is 4.79. The topological polar surface area (TPSA) is 64.1 Å². The Balaban J connectivity index is 0.00000280. The molecule has 28 heavy (non-hydrogen) atoms. The van der Waals surface area contributed by atoms with Crippen LogP contribution in [-0.2, 0) is 11.2 Å². The predicted molar refractivity (Wildman–Crippen MR) is 123 cm³/mol. The number of fused-ring (bicyclic) bond motifs is 1. The summed E-state index contributed by atoms with van der Waals surface area (Å²) in [7, 11) is 3.31. The van der Waals surface area contributed by atoms with Crippen LogP contribution in [0.3, 0.4) is 0 Å². The van der Waals surface area contributed by atoms with Gasteiger partial charge in [-0.05, 0) is 37.5 Å². The highest BCUT2D eigenvalue weighted by Crippen LogP contribution is 2.52. The zero-order chi connectivity index (χ0) is 19.4. The summed E-state index contributed by atoms with van der Waals surface area (Å²) < 4.78 is 16.6. The second-order valence-corrected chi connectivity index (χ2v) is 7.89. The Morgan fingerprint density at radius 1 is 1.25 bits per heavy atom. The molecule has 0 amide bonds. The van der Waals surface area contributed by atoms with E-state index < -0.39 is 0 Å². The van der Waals surface area contributed by atoms with Crippen molar-refractivity contribution in [3.05, 3.63) is 23.8 Å². The van der Waals surface area contributed by atoms with Gasteiger partial charge in [-0.15, -0.1) is 24.0 Å². The molecule has 0 aromatic heterocycles. The molecule has 0 radical (unpaired) electrons. The van der Waals surface area contributed by atoms with Crippen molar-refractivity contribution in [2.45, 2.75) is 45.8 Å². The van der Waals surface area contributed by atoms with Crippen LogP contribution in [0.15, 0.2) is 23.2 Å². The molecule has 2 N–H and O–H groups in total. The van der Waals surface area contributed by atoms with E-state index in [1.165, 1.54) is 5.56 Å². The molecule has 1 saturated carbocycles. The molecule has 1 aromatic carbocycles. The van der Waals surface area contributed by atoms with Crippen molar-refractivity contribution in [1.29, 1.82) is 0 Å². The lowest BCUT2D eigenvalue weighted by atomic mass is 9.57. The number of hydrogen-bond acceptors (Lipinski definition) is 4. The zero-order valence-corrected chi connectivity index (χ0v) is 19.9. The lowest BCUT2D eigenvalue weighted by molar-refractivity contribution is -0.106. The monoisotopic (exact) mass is 503 g/mol. The van der Waals surface area contributed by atoms with Gasteiger partial charge in [0, 0.05) is 37.1 Å². The molecule has 1 heterocycles. The number of hydrogen-bond donors (Lipinski definition) is 2. The minimum atomic E-state index is 0. The molecular weight excluding hydrogens is 469 g/mol. The maximum absolute atomic E-state index is 5.90. The molecular formula is C21H34IN3O3. The van der Waals surface area contributed by atoms with Gasteiger partial charge in [0.05, 0.1) is 20.3 Å². The average Bonchev–Trinajstić information content (AvgIpc) is 3.13. The van der Waals surface area contributed by atoms with Crippen molar-refractivity contribution in [1.82, 2.24) is 10.6 Å². The quantitative estimate of drug-likeness (QED) is 0.340. The van der Waals surface area contributed by atoms with Crippen molar-refractivity contribution in [2.24, 2.45) is 16.3 Å². The van der Waals surface area contributed by atoms with Crippen LogP contribution in [0, 0.1) is 11.3 Å². The summed E-state index contributed by atoms with van der Waals surface area (Å²) in [5, 5.41) is 7.04. The first-order valence-corrected chi connectivity index (χ1v) is 9.88. The number of nitrogens with zero attached hydrogens (tertiary/aromatic N) is 1. The minimum Gasteiger partial charge on any atom is -0.493 e. The molecule has 3 rings (SSSR count). The van der Waals surface area contributed by atoms with Crippen LogP contribution in [0.5, 0.6) is 11.5 Å². The van der Waals surface area contributed by atoms with Gasteiger partial charge < -0.3 is 24.8 Å². The second-order valence-electron chi connectivity index (χ2n) is 7.89. The average molecular weight is 503 g/mol. The smallest absolute Gasteiger partial charge is 0.191 e. The third kappa shape index (κ3) is 4.67. The van der Waals surface area contributed by atoms with E-state index >= 15 is 0 Å². The third-order valence-corrected chi connectivity index (χ3v) is 5.86. The zero-order valence-electron chi connectivity index (χ0n) is 17.6. The maximum atomic E-state index is 5.90. The summed E-state index contributed by atoms with van der Waals surface area (Å²) in [6.45, 7) is 9.10. The van der Waals surface area contributed by atoms with E-state index in [1.54, 1.807) is 14.2 Å². The highest BCUT2D eigenvalue weighted by molar-refractivity contribution is 14.0. The van der Waals surface area contributed by atoms with Gasteiger partial charge in [-0.1, -0.05) is 19.9 Å². The molecule has 1 saturated heterocycles. The van der Waals surface area contributed by atoms with Gasteiger partial charge in [0.2, 0.25) is 0 Å². The van der Waals surface area contributed by atoms with Gasteiger partial charge in [0.1, 0.15) is 0 Å². The summed E-state index contributed by atoms with van der Waals surface area (Å²) >= 11 is 0. The van der Waals surface area contributed by atoms with Gasteiger partial charge in [0.15, 0.2) is 17.5 Å². The number of benzene rings is 1. The summed E-state index contributed by atoms with van der Waals surface area (Å²) in [5.74, 6) is 2.99. The summed E-state index contributed by atoms with van der Waals surface area (Å²) in [6.07, 6.45) is 2.36. The van der Waals surface area contributed by atoms with E-state index in [0.717, 1.165) is 43.5 Å². The van der Waals surface area contributed by atoms with E-state index in [9.17, 15) is 0 Å². The molecule has 0 bridgehead atoms. The fraction of sp³-hybridized carbons (Fsp3) is 0.667. The van der Waals surface area contributed by atoms with Crippen molar-refractivity contribution in [3.63, 3.8) is 0 Å². The number of rotatable bonds is 7. The predicted octanol–water partition coefficient (Wildman–Crippen LogP) is 3.23. The molecule has 3 unspecified atom stereocenters. The first-order valence-electron chi connectivity index (χ1n) is 9.88. The van der Waals surface area contributed by atoms with Crippen LogP contribution in [0.1, 0.15) is 32.8 Å². The van der Waals surface area contributed by atoms with Crippen LogP contribution in [-0.4, -0.2) is 52.0 Å². The Bertz CT molecular complexity index is 681. The van der Waals surface area contributed by atoms with Crippen molar-refractivity contribution in [3.8, 4) is 11.5 Å². The van der Waals surface area contributed by atoms with E-state index in [1.807, 2.05) is 12.1 Å². The molecule has 7 heteroatoms. The number of guanidine groups is 1. The van der Waals surface area contributed by atoms with Crippen LogP contribution >= 0.6 is 24.0 Å². The third-order valence-electron chi connectivity index (χ3n) is 5.86. The number of nitrogens with one attached hydrogen (secondary N) is 2. The van der Waals surface area contributed by atoms with Gasteiger partial charge in [-0.2, -0.15) is 0 Å². The van der Waals surface area contributed by atoms with Gasteiger partial charge in [-0.3, -0.25) is 4.99 Å². The van der Waals surface area contributed by atoms with Crippen LogP contribution in [0.2, 0.25) is 0 Å². The lowest BCUT2D eigenvalue weighted by Gasteiger charge is -2.54. The lowest BCUT2D eigenvalue weighted by Crippen LogP contribution is -2.68. The molecule has 6 nitrogen and oxygen atoms in total. The number of aliphatic imine (C=N–C) groups is 1. The van der Waals surface area contributed by atoms with E-state index in [-0.39, 0.29) is 29.4 Å².